The quantitative estimate of drug-likeness (QED) is 0.809. The molecule has 2 aliphatic rings. The van der Waals surface area contributed by atoms with Crippen LogP contribution in [0.4, 0.5) is 0 Å². The van der Waals surface area contributed by atoms with Gasteiger partial charge in [-0.05, 0) is 34.1 Å². The molecular weight excluding hydrogens is 230 g/mol. The fourth-order valence-electron chi connectivity index (χ4n) is 3.37. The number of nitrogens with zero attached hydrogens (tertiary/aromatic N) is 1. The second kappa shape index (κ2) is 5.08. The van der Waals surface area contributed by atoms with Crippen molar-refractivity contribution >= 4 is 0 Å². The van der Waals surface area contributed by atoms with Crippen molar-refractivity contribution in [2.45, 2.75) is 51.4 Å². The Hall–Kier alpha value is -0.160. The maximum absolute atomic E-state index is 10.0. The average molecular weight is 257 g/mol. The molecule has 4 nitrogen and oxygen atoms in total. The van der Waals surface area contributed by atoms with Crippen LogP contribution in [-0.2, 0) is 9.47 Å². The van der Waals surface area contributed by atoms with Crippen molar-refractivity contribution in [2.24, 2.45) is 5.92 Å². The minimum atomic E-state index is -0.215. The lowest BCUT2D eigenvalue weighted by Crippen LogP contribution is -2.58. The fourth-order valence-corrected chi connectivity index (χ4v) is 3.37. The summed E-state index contributed by atoms with van der Waals surface area (Å²) < 4.78 is 11.6. The predicted octanol–water partition coefficient (Wildman–Crippen LogP) is 1.27. The lowest BCUT2D eigenvalue weighted by Gasteiger charge is -2.48. The maximum Gasteiger partial charge on any atom is 0.0760 e. The molecule has 2 fully saturated rings. The van der Waals surface area contributed by atoms with Crippen molar-refractivity contribution in [1.82, 2.24) is 4.90 Å². The van der Waals surface area contributed by atoms with Crippen molar-refractivity contribution in [2.75, 3.05) is 32.8 Å². The average Bonchev–Trinajstić information content (AvgIpc) is 2.16. The van der Waals surface area contributed by atoms with Gasteiger partial charge in [0.1, 0.15) is 0 Å². The third kappa shape index (κ3) is 3.67. The van der Waals surface area contributed by atoms with E-state index in [1.54, 1.807) is 0 Å². The first-order chi connectivity index (χ1) is 8.27. The zero-order chi connectivity index (χ0) is 13.4. The van der Waals surface area contributed by atoms with Crippen molar-refractivity contribution in [1.29, 1.82) is 0 Å². The van der Waals surface area contributed by atoms with Crippen molar-refractivity contribution in [3.63, 3.8) is 0 Å². The molecule has 0 radical (unpaired) electrons. The van der Waals surface area contributed by atoms with E-state index in [1.807, 2.05) is 0 Å². The summed E-state index contributed by atoms with van der Waals surface area (Å²) in [4.78, 5) is 2.41. The molecule has 2 aliphatic heterocycles. The van der Waals surface area contributed by atoms with Crippen molar-refractivity contribution < 1.29 is 14.6 Å². The maximum atomic E-state index is 10.0. The molecule has 2 rings (SSSR count). The fraction of sp³-hybridized carbons (Fsp3) is 1.00. The molecule has 0 spiro atoms. The lowest BCUT2D eigenvalue weighted by molar-refractivity contribution is -0.186. The normalized spacial score (nSPS) is 36.5. The third-order valence-corrected chi connectivity index (χ3v) is 3.69. The summed E-state index contributed by atoms with van der Waals surface area (Å²) in [6.07, 6.45) is 0.551. The molecule has 2 heterocycles. The summed E-state index contributed by atoms with van der Waals surface area (Å²) in [6.45, 7) is 12.6. The molecular formula is C14H27NO3. The highest BCUT2D eigenvalue weighted by Gasteiger charge is 2.39. The van der Waals surface area contributed by atoms with Gasteiger partial charge in [-0.15, -0.1) is 0 Å². The van der Waals surface area contributed by atoms with E-state index in [0.29, 0.717) is 13.2 Å². The summed E-state index contributed by atoms with van der Waals surface area (Å²) in [5.74, 6) is 0.239. The largest absolute Gasteiger partial charge is 0.393 e. The molecule has 4 heteroatoms. The molecule has 0 saturated carbocycles. The Labute approximate surface area is 110 Å². The van der Waals surface area contributed by atoms with E-state index in [-0.39, 0.29) is 23.2 Å². The van der Waals surface area contributed by atoms with Crippen molar-refractivity contribution in [3.8, 4) is 0 Å². The minimum Gasteiger partial charge on any atom is -0.393 e. The summed E-state index contributed by atoms with van der Waals surface area (Å²) in [6, 6.07) is 0. The number of aliphatic hydroxyl groups excluding tert-OH is 1. The molecule has 0 amide bonds. The SMILES string of the molecule is CC1(C)CN(CC2COCCC2O)CC(C)(C)O1. The first kappa shape index (κ1) is 14.3. The van der Waals surface area contributed by atoms with Crippen LogP contribution in [0.5, 0.6) is 0 Å². The second-order valence-electron chi connectivity index (χ2n) is 6.98. The number of ether oxygens (including phenoxy) is 2. The van der Waals surface area contributed by atoms with Gasteiger partial charge in [0.15, 0.2) is 0 Å². The van der Waals surface area contributed by atoms with Gasteiger partial charge in [0.2, 0.25) is 0 Å². The minimum absolute atomic E-state index is 0.123. The first-order valence-electron chi connectivity index (χ1n) is 6.96. The Morgan fingerprint density at radius 1 is 1.17 bits per heavy atom. The molecule has 0 aliphatic carbocycles. The first-order valence-corrected chi connectivity index (χ1v) is 6.96. The van der Waals surface area contributed by atoms with Crippen LogP contribution in [0, 0.1) is 5.92 Å². The van der Waals surface area contributed by atoms with Crippen molar-refractivity contribution in [3.05, 3.63) is 0 Å². The Morgan fingerprint density at radius 3 is 2.33 bits per heavy atom. The molecule has 106 valence electrons. The molecule has 0 aromatic carbocycles. The van der Waals surface area contributed by atoms with Crippen LogP contribution in [0.2, 0.25) is 0 Å². The highest BCUT2D eigenvalue weighted by Crippen LogP contribution is 2.29. The second-order valence-corrected chi connectivity index (χ2v) is 6.98. The smallest absolute Gasteiger partial charge is 0.0760 e. The van der Waals surface area contributed by atoms with E-state index in [0.717, 1.165) is 26.1 Å². The topological polar surface area (TPSA) is 41.9 Å². The Kier molecular flexibility index (Phi) is 4.02. The van der Waals surface area contributed by atoms with E-state index >= 15 is 0 Å². The van der Waals surface area contributed by atoms with Crippen LogP contribution in [0.1, 0.15) is 34.1 Å². The van der Waals surface area contributed by atoms with Gasteiger partial charge in [0.05, 0.1) is 23.9 Å². The van der Waals surface area contributed by atoms with E-state index in [4.69, 9.17) is 9.47 Å². The van der Waals surface area contributed by atoms with E-state index in [1.165, 1.54) is 0 Å². The number of aliphatic hydroxyl groups is 1. The van der Waals surface area contributed by atoms with Gasteiger partial charge < -0.3 is 14.6 Å². The number of morpholine rings is 1. The van der Waals surface area contributed by atoms with Gasteiger partial charge in [-0.2, -0.15) is 0 Å². The third-order valence-electron chi connectivity index (χ3n) is 3.69. The molecule has 2 atom stereocenters. The van der Waals surface area contributed by atoms with Crippen LogP contribution in [0.3, 0.4) is 0 Å². The van der Waals surface area contributed by atoms with Gasteiger partial charge in [-0.25, -0.2) is 0 Å². The Bertz CT molecular complexity index is 275. The molecule has 1 N–H and O–H groups in total. The summed E-state index contributed by atoms with van der Waals surface area (Å²) >= 11 is 0. The van der Waals surface area contributed by atoms with Gasteiger partial charge in [-0.3, -0.25) is 4.90 Å². The van der Waals surface area contributed by atoms with E-state index in [2.05, 4.69) is 32.6 Å². The molecule has 2 unspecified atom stereocenters. The monoisotopic (exact) mass is 257 g/mol. The summed E-state index contributed by atoms with van der Waals surface area (Å²) in [5.41, 5.74) is -0.246. The predicted molar refractivity (Wildman–Crippen MR) is 70.6 cm³/mol. The number of hydrogen-bond donors (Lipinski definition) is 1. The summed E-state index contributed by atoms with van der Waals surface area (Å²) in [7, 11) is 0. The van der Waals surface area contributed by atoms with Crippen LogP contribution >= 0.6 is 0 Å². The Morgan fingerprint density at radius 2 is 1.78 bits per heavy atom. The zero-order valence-corrected chi connectivity index (χ0v) is 12.1. The summed E-state index contributed by atoms with van der Waals surface area (Å²) in [5, 5.41) is 10.0. The van der Waals surface area contributed by atoms with Gasteiger partial charge in [-0.1, -0.05) is 0 Å². The highest BCUT2D eigenvalue weighted by atomic mass is 16.5. The molecule has 0 aromatic rings. The molecule has 0 aromatic heterocycles. The highest BCUT2D eigenvalue weighted by molar-refractivity contribution is 4.90. The van der Waals surface area contributed by atoms with Crippen LogP contribution < -0.4 is 0 Å². The molecule has 18 heavy (non-hydrogen) atoms. The van der Waals surface area contributed by atoms with Crippen LogP contribution in [0.15, 0.2) is 0 Å². The number of hydrogen-bond acceptors (Lipinski definition) is 4. The van der Waals surface area contributed by atoms with Gasteiger partial charge >= 0.3 is 0 Å². The lowest BCUT2D eigenvalue weighted by atomic mass is 9.94. The van der Waals surface area contributed by atoms with E-state index < -0.39 is 0 Å². The molecule has 0 bridgehead atoms. The Balaban J connectivity index is 1.95. The standard InChI is InChI=1S/C14H27NO3/c1-13(2)9-15(10-14(3,4)18-13)7-11-8-17-6-5-12(11)16/h11-12,16H,5-10H2,1-4H3. The van der Waals surface area contributed by atoms with Gasteiger partial charge in [0, 0.05) is 32.2 Å². The zero-order valence-electron chi connectivity index (χ0n) is 12.1. The van der Waals surface area contributed by atoms with E-state index in [9.17, 15) is 5.11 Å². The number of rotatable bonds is 2. The van der Waals surface area contributed by atoms with Crippen LogP contribution in [-0.4, -0.2) is 60.2 Å². The van der Waals surface area contributed by atoms with Crippen LogP contribution in [0.25, 0.3) is 0 Å². The van der Waals surface area contributed by atoms with Gasteiger partial charge in [0.25, 0.3) is 0 Å². The molecule has 2 saturated heterocycles.